The maximum atomic E-state index is 3.99. The van der Waals surface area contributed by atoms with Gasteiger partial charge in [0.2, 0.25) is 0 Å². The fourth-order valence-corrected chi connectivity index (χ4v) is 6.25. The Bertz CT molecular complexity index is 1950. The molecule has 0 radical (unpaired) electrons. The second-order valence-electron chi connectivity index (χ2n) is 14.0. The molecule has 1 aromatic heterocycles. The number of hydrogen-bond donors (Lipinski definition) is 0. The average molecular weight is 562 g/mol. The summed E-state index contributed by atoms with van der Waals surface area (Å²) in [5.74, 6) is 0. The lowest BCUT2D eigenvalue weighted by Gasteiger charge is -2.26. The quantitative estimate of drug-likeness (QED) is 0.184. The van der Waals surface area contributed by atoms with Crippen LogP contribution in [0.25, 0.3) is 49.7 Å². The zero-order chi connectivity index (χ0) is 30.5. The van der Waals surface area contributed by atoms with E-state index in [9.17, 15) is 0 Å². The molecular formula is C42H43N. The number of aromatic nitrogens is 1. The molecule has 0 fully saturated rings. The Labute approximate surface area is 257 Å². The first-order valence-corrected chi connectivity index (χ1v) is 15.5. The minimum atomic E-state index is 0.0510. The molecule has 5 aromatic carbocycles. The van der Waals surface area contributed by atoms with Gasteiger partial charge in [-0.05, 0) is 105 Å². The summed E-state index contributed by atoms with van der Waals surface area (Å²) in [5.41, 5.74) is 14.2. The molecule has 1 heteroatoms. The summed E-state index contributed by atoms with van der Waals surface area (Å²) in [4.78, 5) is 0. The van der Waals surface area contributed by atoms with Crippen LogP contribution in [0.5, 0.6) is 0 Å². The van der Waals surface area contributed by atoms with Crippen molar-refractivity contribution in [2.45, 2.75) is 65.7 Å². The summed E-state index contributed by atoms with van der Waals surface area (Å²) < 4.78 is 2.46. The third-order valence-corrected chi connectivity index (χ3v) is 8.82. The van der Waals surface area contributed by atoms with Crippen molar-refractivity contribution in [3.63, 3.8) is 0 Å². The number of fused-ring (bicyclic) bond motifs is 3. The maximum absolute atomic E-state index is 3.99. The number of nitrogens with zero attached hydrogens (tertiary/aromatic N) is 1. The summed E-state index contributed by atoms with van der Waals surface area (Å²) in [6, 6.07) is 38.6. The van der Waals surface area contributed by atoms with E-state index in [4.69, 9.17) is 0 Å². The molecule has 0 unspecified atom stereocenters. The molecule has 0 aliphatic heterocycles. The molecule has 43 heavy (non-hydrogen) atoms. The van der Waals surface area contributed by atoms with Gasteiger partial charge in [-0.3, -0.25) is 0 Å². The summed E-state index contributed by atoms with van der Waals surface area (Å²) >= 11 is 0. The van der Waals surface area contributed by atoms with Gasteiger partial charge in [-0.15, -0.1) is 6.58 Å². The van der Waals surface area contributed by atoms with Gasteiger partial charge in [-0.2, -0.15) is 0 Å². The molecule has 0 saturated heterocycles. The van der Waals surface area contributed by atoms with Crippen molar-refractivity contribution < 1.29 is 0 Å². The highest BCUT2D eigenvalue weighted by atomic mass is 15.0. The predicted octanol–water partition coefficient (Wildman–Crippen LogP) is 11.7. The molecule has 0 bridgehead atoms. The molecule has 0 spiro atoms. The van der Waals surface area contributed by atoms with Crippen LogP contribution in [-0.4, -0.2) is 4.57 Å². The lowest BCUT2D eigenvalue weighted by Crippen LogP contribution is -2.17. The van der Waals surface area contributed by atoms with E-state index < -0.39 is 0 Å². The first-order valence-electron chi connectivity index (χ1n) is 15.5. The molecular weight excluding hydrogens is 518 g/mol. The lowest BCUT2D eigenvalue weighted by atomic mass is 9.80. The minimum Gasteiger partial charge on any atom is -0.309 e. The molecule has 0 atom stereocenters. The van der Waals surface area contributed by atoms with E-state index in [0.29, 0.717) is 0 Å². The van der Waals surface area contributed by atoms with E-state index in [1.165, 1.54) is 72.0 Å². The molecule has 6 aromatic rings. The van der Waals surface area contributed by atoms with Crippen LogP contribution >= 0.6 is 0 Å². The van der Waals surface area contributed by atoms with Crippen molar-refractivity contribution in [2.75, 3.05) is 0 Å². The molecule has 0 saturated carbocycles. The zero-order valence-corrected chi connectivity index (χ0v) is 26.8. The normalized spacial score (nSPS) is 12.3. The van der Waals surface area contributed by atoms with Crippen molar-refractivity contribution in [1.82, 2.24) is 4.57 Å². The van der Waals surface area contributed by atoms with Crippen LogP contribution < -0.4 is 0 Å². The van der Waals surface area contributed by atoms with Crippen LogP contribution in [0, 0.1) is 6.92 Å². The monoisotopic (exact) mass is 561 g/mol. The van der Waals surface area contributed by atoms with Crippen LogP contribution in [-0.2, 0) is 17.3 Å². The van der Waals surface area contributed by atoms with Crippen LogP contribution in [0.4, 0.5) is 0 Å². The SMILES string of the molecule is C=CCc1ccccc1-c1cc(-c2ccc3c(c2)c2ccccc2n3-c2cc(C(C)(C)C)cc(C(C)(C)C)c2)ccc1C. The van der Waals surface area contributed by atoms with Gasteiger partial charge in [-0.25, -0.2) is 0 Å². The number of aryl methyl sites for hydroxylation is 1. The topological polar surface area (TPSA) is 4.93 Å². The summed E-state index contributed by atoms with van der Waals surface area (Å²) in [5, 5.41) is 2.56. The van der Waals surface area contributed by atoms with Gasteiger partial charge in [0, 0.05) is 16.5 Å². The highest BCUT2D eigenvalue weighted by molar-refractivity contribution is 6.10. The zero-order valence-electron chi connectivity index (χ0n) is 26.8. The third kappa shape index (κ3) is 5.34. The van der Waals surface area contributed by atoms with Gasteiger partial charge in [0.05, 0.1) is 11.0 Å². The predicted molar refractivity (Wildman–Crippen MR) is 188 cm³/mol. The molecule has 6 rings (SSSR count). The van der Waals surface area contributed by atoms with Gasteiger partial charge in [-0.1, -0.05) is 114 Å². The van der Waals surface area contributed by atoms with E-state index in [0.717, 1.165) is 6.42 Å². The van der Waals surface area contributed by atoms with Crippen LogP contribution in [0.1, 0.15) is 63.8 Å². The molecule has 0 aliphatic rings. The van der Waals surface area contributed by atoms with E-state index >= 15 is 0 Å². The average Bonchev–Trinajstić information content (AvgIpc) is 3.31. The number of benzene rings is 5. The smallest absolute Gasteiger partial charge is 0.0541 e. The van der Waals surface area contributed by atoms with Crippen molar-refractivity contribution >= 4 is 21.8 Å². The molecule has 0 aliphatic carbocycles. The Balaban J connectivity index is 1.56. The number of rotatable bonds is 5. The van der Waals surface area contributed by atoms with Gasteiger partial charge < -0.3 is 4.57 Å². The highest BCUT2D eigenvalue weighted by Crippen LogP contribution is 2.39. The van der Waals surface area contributed by atoms with Gasteiger partial charge in [0.25, 0.3) is 0 Å². The standard InChI is InChI=1S/C42H43N/c1-9-14-29-15-10-11-16-35(29)37-23-30(20-19-28(37)2)31-21-22-40-38(24-31)36-17-12-13-18-39(36)43(40)34-26-32(41(3,4)5)25-33(27-34)42(6,7)8/h9-13,15-27H,1,14H2,2-8H3. The fourth-order valence-electron chi connectivity index (χ4n) is 6.25. The highest BCUT2D eigenvalue weighted by Gasteiger charge is 2.22. The van der Waals surface area contributed by atoms with E-state index in [1.54, 1.807) is 0 Å². The fraction of sp³-hybridized carbons (Fsp3) is 0.238. The van der Waals surface area contributed by atoms with Crippen LogP contribution in [0.3, 0.4) is 0 Å². The third-order valence-electron chi connectivity index (χ3n) is 8.82. The number of hydrogen-bond acceptors (Lipinski definition) is 0. The molecule has 0 N–H and O–H groups in total. The first-order chi connectivity index (χ1) is 20.5. The Morgan fingerprint density at radius 2 is 1.21 bits per heavy atom. The molecule has 1 nitrogen and oxygen atoms in total. The molecule has 0 amide bonds. The second kappa shape index (κ2) is 10.7. The van der Waals surface area contributed by atoms with E-state index in [1.807, 2.05) is 6.08 Å². The first kappa shape index (κ1) is 28.7. The Morgan fingerprint density at radius 1 is 0.605 bits per heavy atom. The Morgan fingerprint density at radius 3 is 1.91 bits per heavy atom. The Hall–Kier alpha value is -4.36. The maximum Gasteiger partial charge on any atom is 0.0541 e. The minimum absolute atomic E-state index is 0.0510. The van der Waals surface area contributed by atoms with Crippen molar-refractivity contribution in [3.8, 4) is 27.9 Å². The number of para-hydroxylation sites is 1. The summed E-state index contributed by atoms with van der Waals surface area (Å²) in [6.45, 7) is 20.0. The largest absolute Gasteiger partial charge is 0.309 e. The molecule has 1 heterocycles. The number of allylic oxidation sites excluding steroid dienone is 1. The van der Waals surface area contributed by atoms with Gasteiger partial charge in [0.1, 0.15) is 0 Å². The van der Waals surface area contributed by atoms with Gasteiger partial charge in [0.15, 0.2) is 0 Å². The van der Waals surface area contributed by atoms with Crippen LogP contribution in [0.2, 0.25) is 0 Å². The second-order valence-corrected chi connectivity index (χ2v) is 14.0. The van der Waals surface area contributed by atoms with E-state index in [2.05, 4.69) is 163 Å². The Kier molecular flexibility index (Phi) is 7.17. The summed E-state index contributed by atoms with van der Waals surface area (Å²) in [7, 11) is 0. The summed E-state index contributed by atoms with van der Waals surface area (Å²) in [6.07, 6.45) is 2.85. The van der Waals surface area contributed by atoms with Crippen LogP contribution in [0.15, 0.2) is 116 Å². The van der Waals surface area contributed by atoms with Crippen molar-refractivity contribution in [1.29, 1.82) is 0 Å². The van der Waals surface area contributed by atoms with Crippen molar-refractivity contribution in [2.24, 2.45) is 0 Å². The van der Waals surface area contributed by atoms with E-state index in [-0.39, 0.29) is 10.8 Å². The lowest BCUT2D eigenvalue weighted by molar-refractivity contribution is 0.568. The van der Waals surface area contributed by atoms with Gasteiger partial charge >= 0.3 is 0 Å². The van der Waals surface area contributed by atoms with Crippen molar-refractivity contribution in [3.05, 3.63) is 138 Å². The molecule has 216 valence electrons.